The molecule has 0 aromatic carbocycles. The van der Waals surface area contributed by atoms with Gasteiger partial charge in [-0.25, -0.2) is 0 Å². The molecule has 15 heavy (non-hydrogen) atoms. The maximum absolute atomic E-state index is 11.8. The molecule has 3 unspecified atom stereocenters. The SMILES string of the molecule is CCC(C)(C#N)C(=O)NC1CCOC1C. The molecule has 1 aliphatic heterocycles. The summed E-state index contributed by atoms with van der Waals surface area (Å²) in [6.45, 7) is 6.13. The van der Waals surface area contributed by atoms with Gasteiger partial charge >= 0.3 is 0 Å². The van der Waals surface area contributed by atoms with Crippen LogP contribution in [0.5, 0.6) is 0 Å². The predicted molar refractivity (Wildman–Crippen MR) is 56.0 cm³/mol. The maximum Gasteiger partial charge on any atom is 0.240 e. The average molecular weight is 210 g/mol. The third-order valence-electron chi connectivity index (χ3n) is 3.15. The molecule has 0 spiro atoms. The number of rotatable bonds is 3. The lowest BCUT2D eigenvalue weighted by molar-refractivity contribution is -0.128. The van der Waals surface area contributed by atoms with E-state index in [9.17, 15) is 4.79 Å². The Morgan fingerprint density at radius 2 is 2.40 bits per heavy atom. The highest BCUT2D eigenvalue weighted by atomic mass is 16.5. The Kier molecular flexibility index (Phi) is 3.70. The fourth-order valence-corrected chi connectivity index (χ4v) is 1.54. The predicted octanol–water partition coefficient (Wildman–Crippen LogP) is 1.22. The number of nitrogens with one attached hydrogen (secondary N) is 1. The van der Waals surface area contributed by atoms with Crippen molar-refractivity contribution >= 4 is 5.91 Å². The van der Waals surface area contributed by atoms with Gasteiger partial charge in [0.05, 0.1) is 18.2 Å². The van der Waals surface area contributed by atoms with Gasteiger partial charge < -0.3 is 10.1 Å². The molecule has 1 heterocycles. The molecule has 4 nitrogen and oxygen atoms in total. The van der Waals surface area contributed by atoms with Gasteiger partial charge in [0.25, 0.3) is 0 Å². The van der Waals surface area contributed by atoms with E-state index < -0.39 is 5.41 Å². The highest BCUT2D eigenvalue weighted by Gasteiger charge is 2.35. The lowest BCUT2D eigenvalue weighted by Gasteiger charge is -2.23. The van der Waals surface area contributed by atoms with Crippen LogP contribution in [0.15, 0.2) is 0 Å². The third-order valence-corrected chi connectivity index (χ3v) is 3.15. The normalized spacial score (nSPS) is 29.2. The first-order valence-electron chi connectivity index (χ1n) is 5.37. The number of carbonyl (C=O) groups is 1. The van der Waals surface area contributed by atoms with Crippen molar-refractivity contribution in [3.8, 4) is 6.07 Å². The molecule has 1 rings (SSSR count). The summed E-state index contributed by atoms with van der Waals surface area (Å²) in [5, 5.41) is 11.8. The minimum Gasteiger partial charge on any atom is -0.376 e. The summed E-state index contributed by atoms with van der Waals surface area (Å²) in [6.07, 6.45) is 1.41. The number of carbonyl (C=O) groups excluding carboxylic acids is 1. The van der Waals surface area contributed by atoms with E-state index in [2.05, 4.69) is 11.4 Å². The zero-order valence-corrected chi connectivity index (χ0v) is 9.54. The number of nitrogens with zero attached hydrogens (tertiary/aromatic N) is 1. The number of amides is 1. The molecular formula is C11H18N2O2. The Hall–Kier alpha value is -1.08. The summed E-state index contributed by atoms with van der Waals surface area (Å²) in [5.41, 5.74) is -0.914. The minimum absolute atomic E-state index is 0.0498. The van der Waals surface area contributed by atoms with E-state index in [1.54, 1.807) is 6.92 Å². The summed E-state index contributed by atoms with van der Waals surface area (Å²) in [6, 6.07) is 2.12. The summed E-state index contributed by atoms with van der Waals surface area (Å²) in [4.78, 5) is 11.8. The zero-order chi connectivity index (χ0) is 11.5. The van der Waals surface area contributed by atoms with Gasteiger partial charge in [0.1, 0.15) is 5.41 Å². The van der Waals surface area contributed by atoms with Crippen LogP contribution >= 0.6 is 0 Å². The lowest BCUT2D eigenvalue weighted by Crippen LogP contribution is -2.46. The summed E-state index contributed by atoms with van der Waals surface area (Å²) < 4.78 is 5.35. The van der Waals surface area contributed by atoms with E-state index in [0.717, 1.165) is 6.42 Å². The van der Waals surface area contributed by atoms with Crippen molar-refractivity contribution < 1.29 is 9.53 Å². The van der Waals surface area contributed by atoms with Crippen LogP contribution in [0.2, 0.25) is 0 Å². The first-order valence-corrected chi connectivity index (χ1v) is 5.37. The smallest absolute Gasteiger partial charge is 0.240 e. The Balaban J connectivity index is 2.59. The van der Waals surface area contributed by atoms with E-state index >= 15 is 0 Å². The van der Waals surface area contributed by atoms with Crippen molar-refractivity contribution in [3.63, 3.8) is 0 Å². The van der Waals surface area contributed by atoms with Crippen molar-refractivity contribution in [2.24, 2.45) is 5.41 Å². The molecule has 1 aliphatic rings. The van der Waals surface area contributed by atoms with Gasteiger partial charge in [-0.15, -0.1) is 0 Å². The van der Waals surface area contributed by atoms with Gasteiger partial charge in [0.2, 0.25) is 5.91 Å². The van der Waals surface area contributed by atoms with Gasteiger partial charge in [-0.3, -0.25) is 4.79 Å². The van der Waals surface area contributed by atoms with Crippen LogP contribution in [0.3, 0.4) is 0 Å². The number of hydrogen-bond acceptors (Lipinski definition) is 3. The molecule has 0 aromatic rings. The Labute approximate surface area is 90.6 Å². The summed E-state index contributed by atoms with van der Waals surface area (Å²) in [7, 11) is 0. The quantitative estimate of drug-likeness (QED) is 0.761. The monoisotopic (exact) mass is 210 g/mol. The maximum atomic E-state index is 11.8. The van der Waals surface area contributed by atoms with Gasteiger partial charge in [0, 0.05) is 6.61 Å². The standard InChI is InChI=1S/C11H18N2O2/c1-4-11(3,7-12)10(14)13-9-5-6-15-8(9)2/h8-9H,4-6H2,1-3H3,(H,13,14). The van der Waals surface area contributed by atoms with Crippen LogP contribution in [0.4, 0.5) is 0 Å². The van der Waals surface area contributed by atoms with Crippen LogP contribution in [-0.2, 0) is 9.53 Å². The van der Waals surface area contributed by atoms with E-state index in [4.69, 9.17) is 10.00 Å². The van der Waals surface area contributed by atoms with E-state index in [0.29, 0.717) is 13.0 Å². The second-order valence-corrected chi connectivity index (χ2v) is 4.24. The van der Waals surface area contributed by atoms with Gasteiger partial charge in [-0.1, -0.05) is 6.92 Å². The van der Waals surface area contributed by atoms with Crippen LogP contribution < -0.4 is 5.32 Å². The van der Waals surface area contributed by atoms with Crippen LogP contribution in [0.1, 0.15) is 33.6 Å². The fourth-order valence-electron chi connectivity index (χ4n) is 1.54. The molecule has 4 heteroatoms. The van der Waals surface area contributed by atoms with Gasteiger partial charge in [-0.2, -0.15) is 5.26 Å². The molecule has 3 atom stereocenters. The van der Waals surface area contributed by atoms with Crippen molar-refractivity contribution in [1.82, 2.24) is 5.32 Å². The molecule has 1 amide bonds. The second kappa shape index (κ2) is 4.63. The highest BCUT2D eigenvalue weighted by Crippen LogP contribution is 2.21. The second-order valence-electron chi connectivity index (χ2n) is 4.24. The van der Waals surface area contributed by atoms with Crippen LogP contribution in [0, 0.1) is 16.7 Å². The molecule has 0 aromatic heterocycles. The van der Waals surface area contributed by atoms with E-state index in [1.807, 2.05) is 13.8 Å². The Bertz CT molecular complexity index is 285. The van der Waals surface area contributed by atoms with Gasteiger partial charge in [-0.05, 0) is 26.7 Å². The summed E-state index contributed by atoms with van der Waals surface area (Å²) >= 11 is 0. The van der Waals surface area contributed by atoms with E-state index in [-0.39, 0.29) is 18.1 Å². The molecule has 1 saturated heterocycles. The summed E-state index contributed by atoms with van der Waals surface area (Å²) in [5.74, 6) is -0.185. The molecule has 0 aliphatic carbocycles. The van der Waals surface area contributed by atoms with Crippen molar-refractivity contribution in [3.05, 3.63) is 0 Å². The molecule has 1 N–H and O–H groups in total. The molecule has 0 bridgehead atoms. The average Bonchev–Trinajstić information content (AvgIpc) is 2.63. The van der Waals surface area contributed by atoms with Crippen LogP contribution in [-0.4, -0.2) is 24.7 Å². The van der Waals surface area contributed by atoms with Gasteiger partial charge in [0.15, 0.2) is 0 Å². The highest BCUT2D eigenvalue weighted by molar-refractivity contribution is 5.85. The Morgan fingerprint density at radius 1 is 1.73 bits per heavy atom. The zero-order valence-electron chi connectivity index (χ0n) is 9.54. The first kappa shape index (κ1) is 12.0. The number of nitriles is 1. The molecule has 1 fully saturated rings. The number of hydrogen-bond donors (Lipinski definition) is 1. The van der Waals surface area contributed by atoms with Crippen LogP contribution in [0.25, 0.3) is 0 Å². The molecule has 84 valence electrons. The lowest BCUT2D eigenvalue weighted by atomic mass is 9.88. The molecule has 0 saturated carbocycles. The topological polar surface area (TPSA) is 62.1 Å². The first-order chi connectivity index (χ1) is 7.03. The largest absolute Gasteiger partial charge is 0.376 e. The Morgan fingerprint density at radius 3 is 2.80 bits per heavy atom. The van der Waals surface area contributed by atoms with Crippen molar-refractivity contribution in [2.45, 2.75) is 45.8 Å². The minimum atomic E-state index is -0.914. The fraction of sp³-hybridized carbons (Fsp3) is 0.818. The van der Waals surface area contributed by atoms with Crippen molar-refractivity contribution in [2.75, 3.05) is 6.61 Å². The third kappa shape index (κ3) is 2.48. The molecular weight excluding hydrogens is 192 g/mol. The van der Waals surface area contributed by atoms with Crippen molar-refractivity contribution in [1.29, 1.82) is 5.26 Å². The van der Waals surface area contributed by atoms with E-state index in [1.165, 1.54) is 0 Å². The number of ether oxygens (including phenoxy) is 1. The molecule has 0 radical (unpaired) electrons.